The second-order valence-electron chi connectivity index (χ2n) is 3.35. The van der Waals surface area contributed by atoms with Gasteiger partial charge in [0.25, 0.3) is 0 Å². The van der Waals surface area contributed by atoms with Gasteiger partial charge in [0.15, 0.2) is 0 Å². The molecule has 0 saturated carbocycles. The normalized spacial score (nSPS) is 12.8. The Bertz CT molecular complexity index is 192. The Morgan fingerprint density at radius 3 is 2.58 bits per heavy atom. The van der Waals surface area contributed by atoms with E-state index >= 15 is 0 Å². The van der Waals surface area contributed by atoms with E-state index in [1.807, 2.05) is 29.2 Å². The lowest BCUT2D eigenvalue weighted by atomic mass is 10.1. The molecule has 0 aromatic carbocycles. The minimum absolute atomic E-state index is 0.761. The first-order valence-electron chi connectivity index (χ1n) is 4.69. The maximum atomic E-state index is 3.33. The van der Waals surface area contributed by atoms with E-state index in [1.54, 1.807) is 0 Å². The topological polar surface area (TPSA) is 17.0 Å². The maximum Gasteiger partial charge on any atom is 0.0339 e. The van der Waals surface area contributed by atoms with Gasteiger partial charge in [-0.15, -0.1) is 0 Å². The van der Waals surface area contributed by atoms with Crippen LogP contribution in [0.5, 0.6) is 0 Å². The van der Waals surface area contributed by atoms with Gasteiger partial charge in [0.1, 0.15) is 0 Å². The van der Waals surface area contributed by atoms with Gasteiger partial charge in [-0.05, 0) is 24.5 Å². The van der Waals surface area contributed by atoms with Crippen molar-refractivity contribution in [3.05, 3.63) is 24.5 Å². The molecule has 1 aromatic heterocycles. The third-order valence-electron chi connectivity index (χ3n) is 2.01. The average Bonchev–Trinajstić information content (AvgIpc) is 2.53. The molecule has 0 spiro atoms. The van der Waals surface area contributed by atoms with E-state index in [2.05, 4.69) is 19.3 Å². The van der Waals surface area contributed by atoms with Gasteiger partial charge in [0.2, 0.25) is 0 Å². The standard InChI is InChI=1S/C10H18N2/c1-3-6-10(2)9-11-12-7-4-5-8-12/h4-5,7-8,10-11H,3,6,9H2,1-2H3. The van der Waals surface area contributed by atoms with Crippen LogP contribution in [0.1, 0.15) is 26.7 Å². The summed E-state index contributed by atoms with van der Waals surface area (Å²) < 4.78 is 2.01. The molecule has 0 amide bonds. The van der Waals surface area contributed by atoms with Gasteiger partial charge >= 0.3 is 0 Å². The number of nitrogens with zero attached hydrogens (tertiary/aromatic N) is 1. The third kappa shape index (κ3) is 2.99. The lowest BCUT2D eigenvalue weighted by molar-refractivity contribution is 0.530. The molecule has 68 valence electrons. The van der Waals surface area contributed by atoms with Crippen molar-refractivity contribution >= 4 is 0 Å². The van der Waals surface area contributed by atoms with Gasteiger partial charge in [-0.2, -0.15) is 0 Å². The summed E-state index contributed by atoms with van der Waals surface area (Å²) in [7, 11) is 0. The molecule has 1 aromatic rings. The van der Waals surface area contributed by atoms with Crippen molar-refractivity contribution in [2.24, 2.45) is 5.92 Å². The quantitative estimate of drug-likeness (QED) is 0.711. The summed E-state index contributed by atoms with van der Waals surface area (Å²) >= 11 is 0. The largest absolute Gasteiger partial charge is 0.326 e. The lowest BCUT2D eigenvalue weighted by Gasteiger charge is -2.12. The highest BCUT2D eigenvalue weighted by molar-refractivity contribution is 4.93. The fraction of sp³-hybridized carbons (Fsp3) is 0.600. The Morgan fingerprint density at radius 2 is 2.00 bits per heavy atom. The number of hydrogen-bond acceptors (Lipinski definition) is 1. The second kappa shape index (κ2) is 4.86. The van der Waals surface area contributed by atoms with Crippen LogP contribution in [0.3, 0.4) is 0 Å². The SMILES string of the molecule is CCCC(C)CNn1cccc1. The summed E-state index contributed by atoms with van der Waals surface area (Å²) in [6, 6.07) is 4.05. The molecule has 2 nitrogen and oxygen atoms in total. The molecule has 0 aliphatic carbocycles. The fourth-order valence-electron chi connectivity index (χ4n) is 1.30. The molecule has 0 radical (unpaired) electrons. The maximum absolute atomic E-state index is 3.33. The molecule has 0 fully saturated rings. The van der Waals surface area contributed by atoms with E-state index in [0.717, 1.165) is 12.5 Å². The Morgan fingerprint density at radius 1 is 1.33 bits per heavy atom. The minimum atomic E-state index is 0.761. The molecule has 1 heterocycles. The van der Waals surface area contributed by atoms with Crippen LogP contribution in [0.2, 0.25) is 0 Å². The van der Waals surface area contributed by atoms with Crippen LogP contribution in [0.25, 0.3) is 0 Å². The van der Waals surface area contributed by atoms with Crippen molar-refractivity contribution in [2.75, 3.05) is 12.0 Å². The zero-order valence-electron chi connectivity index (χ0n) is 7.96. The predicted molar refractivity (Wildman–Crippen MR) is 52.7 cm³/mol. The molecule has 0 bridgehead atoms. The zero-order valence-corrected chi connectivity index (χ0v) is 7.96. The molecule has 0 aliphatic rings. The van der Waals surface area contributed by atoms with E-state index in [-0.39, 0.29) is 0 Å². The van der Waals surface area contributed by atoms with Gasteiger partial charge in [0.05, 0.1) is 0 Å². The van der Waals surface area contributed by atoms with E-state index < -0.39 is 0 Å². The highest BCUT2D eigenvalue weighted by Crippen LogP contribution is 2.03. The summed E-state index contributed by atoms with van der Waals surface area (Å²) in [4.78, 5) is 0. The zero-order chi connectivity index (χ0) is 8.81. The Hall–Kier alpha value is -0.920. The fourth-order valence-corrected chi connectivity index (χ4v) is 1.30. The van der Waals surface area contributed by atoms with E-state index in [9.17, 15) is 0 Å². The molecular weight excluding hydrogens is 148 g/mol. The van der Waals surface area contributed by atoms with Crippen molar-refractivity contribution in [3.63, 3.8) is 0 Å². The lowest BCUT2D eigenvalue weighted by Crippen LogP contribution is -2.19. The molecule has 0 saturated heterocycles. The first-order chi connectivity index (χ1) is 5.83. The Balaban J connectivity index is 2.17. The summed E-state index contributed by atoms with van der Waals surface area (Å²) in [5.74, 6) is 0.761. The first kappa shape index (κ1) is 9.17. The number of hydrogen-bond donors (Lipinski definition) is 1. The Labute approximate surface area is 74.6 Å². The van der Waals surface area contributed by atoms with Crippen LogP contribution in [-0.4, -0.2) is 11.2 Å². The molecular formula is C10H18N2. The van der Waals surface area contributed by atoms with Gasteiger partial charge in [-0.25, -0.2) is 0 Å². The van der Waals surface area contributed by atoms with Gasteiger partial charge < -0.3 is 5.43 Å². The van der Waals surface area contributed by atoms with E-state index in [0.29, 0.717) is 0 Å². The van der Waals surface area contributed by atoms with Gasteiger partial charge in [-0.1, -0.05) is 20.3 Å². The van der Waals surface area contributed by atoms with E-state index in [4.69, 9.17) is 0 Å². The summed E-state index contributed by atoms with van der Waals surface area (Å²) in [6.07, 6.45) is 6.63. The molecule has 2 heteroatoms. The molecule has 12 heavy (non-hydrogen) atoms. The van der Waals surface area contributed by atoms with Crippen molar-refractivity contribution in [1.82, 2.24) is 4.68 Å². The van der Waals surface area contributed by atoms with Crippen LogP contribution >= 0.6 is 0 Å². The summed E-state index contributed by atoms with van der Waals surface area (Å²) in [5.41, 5.74) is 3.33. The van der Waals surface area contributed by atoms with Crippen molar-refractivity contribution in [1.29, 1.82) is 0 Å². The van der Waals surface area contributed by atoms with Crippen LogP contribution in [0.15, 0.2) is 24.5 Å². The molecule has 1 atom stereocenters. The Kier molecular flexibility index (Phi) is 3.71. The predicted octanol–water partition coefficient (Wildman–Crippen LogP) is 2.47. The van der Waals surface area contributed by atoms with Gasteiger partial charge in [0, 0.05) is 18.9 Å². The van der Waals surface area contributed by atoms with Crippen molar-refractivity contribution < 1.29 is 0 Å². The minimum Gasteiger partial charge on any atom is -0.326 e. The van der Waals surface area contributed by atoms with Crippen LogP contribution < -0.4 is 5.43 Å². The smallest absolute Gasteiger partial charge is 0.0339 e. The third-order valence-corrected chi connectivity index (χ3v) is 2.01. The number of rotatable bonds is 5. The number of nitrogens with one attached hydrogen (secondary N) is 1. The average molecular weight is 166 g/mol. The van der Waals surface area contributed by atoms with E-state index in [1.165, 1.54) is 12.8 Å². The van der Waals surface area contributed by atoms with Crippen LogP contribution in [0.4, 0.5) is 0 Å². The molecule has 1 rings (SSSR count). The first-order valence-corrected chi connectivity index (χ1v) is 4.69. The van der Waals surface area contributed by atoms with Crippen LogP contribution in [-0.2, 0) is 0 Å². The summed E-state index contributed by atoms with van der Waals surface area (Å²) in [6.45, 7) is 5.56. The summed E-state index contributed by atoms with van der Waals surface area (Å²) in [5, 5.41) is 0. The molecule has 1 N–H and O–H groups in total. The monoisotopic (exact) mass is 166 g/mol. The highest BCUT2D eigenvalue weighted by Gasteiger charge is 1.98. The van der Waals surface area contributed by atoms with Crippen LogP contribution in [0, 0.1) is 5.92 Å². The van der Waals surface area contributed by atoms with Gasteiger partial charge in [-0.3, -0.25) is 4.68 Å². The highest BCUT2D eigenvalue weighted by atomic mass is 15.4. The van der Waals surface area contributed by atoms with Crippen molar-refractivity contribution in [3.8, 4) is 0 Å². The van der Waals surface area contributed by atoms with Crippen molar-refractivity contribution in [2.45, 2.75) is 26.7 Å². The molecule has 1 unspecified atom stereocenters. The number of aromatic nitrogens is 1. The molecule has 0 aliphatic heterocycles. The second-order valence-corrected chi connectivity index (χ2v) is 3.35.